The summed E-state index contributed by atoms with van der Waals surface area (Å²) in [5.41, 5.74) is 11.8. The summed E-state index contributed by atoms with van der Waals surface area (Å²) in [7, 11) is 0. The fourth-order valence-corrected chi connectivity index (χ4v) is 5.26. The van der Waals surface area contributed by atoms with Crippen LogP contribution < -0.4 is 0 Å². The van der Waals surface area contributed by atoms with E-state index in [-0.39, 0.29) is 19.5 Å². The van der Waals surface area contributed by atoms with E-state index in [1.807, 2.05) is 60.7 Å². The van der Waals surface area contributed by atoms with Gasteiger partial charge in [-0.3, -0.25) is 0 Å². The molecule has 0 saturated heterocycles. The second-order valence-corrected chi connectivity index (χ2v) is 10.0. The Kier molecular flexibility index (Phi) is 7.55. The predicted molar refractivity (Wildman–Crippen MR) is 168 cm³/mol. The van der Waals surface area contributed by atoms with E-state index in [9.17, 15) is 5.11 Å². The molecule has 2 aliphatic rings. The maximum absolute atomic E-state index is 10.0. The number of nitrogens with zero attached hydrogens (tertiary/aromatic N) is 2. The van der Waals surface area contributed by atoms with Gasteiger partial charge in [0.1, 0.15) is 6.10 Å². The number of benzene rings is 2. The van der Waals surface area contributed by atoms with Crippen molar-refractivity contribution >= 4 is 46.4 Å². The molecule has 8 bridgehead atoms. The topological polar surface area (TPSA) is 77.6 Å². The van der Waals surface area contributed by atoms with Crippen molar-refractivity contribution < 1.29 is 24.6 Å². The van der Waals surface area contributed by atoms with E-state index in [2.05, 4.69) is 76.4 Å². The molecule has 0 fully saturated rings. The van der Waals surface area contributed by atoms with Gasteiger partial charge in [0.05, 0.1) is 33.9 Å². The number of fused-ring (bicyclic) bond motifs is 8. The third kappa shape index (κ3) is 5.29. The first kappa shape index (κ1) is 27.4. The monoisotopic (exact) mass is 594 g/mol. The smallest absolute Gasteiger partial charge is 0.112 e. The van der Waals surface area contributed by atoms with Gasteiger partial charge in [0.15, 0.2) is 0 Å². The molecule has 6 heteroatoms. The maximum Gasteiger partial charge on any atom is 0.112 e. The van der Waals surface area contributed by atoms with Crippen LogP contribution in [0.4, 0.5) is 0 Å². The minimum atomic E-state index is -0.773. The van der Waals surface area contributed by atoms with E-state index in [0.29, 0.717) is 5.56 Å². The summed E-state index contributed by atoms with van der Waals surface area (Å²) in [6, 6.07) is 30.8. The molecule has 5 heterocycles. The van der Waals surface area contributed by atoms with Gasteiger partial charge in [-0.25, -0.2) is 9.97 Å². The molecule has 7 rings (SSSR count). The first-order chi connectivity index (χ1) is 20.1. The van der Waals surface area contributed by atoms with E-state index in [1.165, 1.54) is 0 Å². The molecule has 0 radical (unpaired) electrons. The molecule has 42 heavy (non-hydrogen) atoms. The molecule has 198 valence electrons. The van der Waals surface area contributed by atoms with Crippen molar-refractivity contribution in [2.75, 3.05) is 0 Å². The van der Waals surface area contributed by atoms with Gasteiger partial charge in [0, 0.05) is 47.2 Å². The van der Waals surface area contributed by atoms with Crippen molar-refractivity contribution in [3.05, 3.63) is 119 Å². The second kappa shape index (κ2) is 11.6. The number of H-pyrrole nitrogens is 2. The molecule has 5 aromatic rings. The molecule has 3 N–H and O–H groups in total. The van der Waals surface area contributed by atoms with Gasteiger partial charge in [0.2, 0.25) is 0 Å². The Morgan fingerprint density at radius 2 is 1.21 bits per heavy atom. The van der Waals surface area contributed by atoms with Crippen LogP contribution in [0.2, 0.25) is 0 Å². The Hall–Kier alpha value is -4.82. The Morgan fingerprint density at radius 3 is 1.90 bits per heavy atom. The predicted octanol–water partition coefficient (Wildman–Crippen LogP) is 7.72. The number of nitrogens with one attached hydrogen (secondary N) is 2. The van der Waals surface area contributed by atoms with Crippen LogP contribution in [0.25, 0.3) is 68.6 Å². The molecule has 2 aliphatic heterocycles. The van der Waals surface area contributed by atoms with E-state index in [0.717, 1.165) is 67.1 Å². The molecular weight excluding hydrogens is 570 g/mol. The largest absolute Gasteiger partial charge is 0.381 e. The van der Waals surface area contributed by atoms with Crippen molar-refractivity contribution in [1.29, 1.82) is 0 Å². The van der Waals surface area contributed by atoms with Crippen LogP contribution in [-0.2, 0) is 19.5 Å². The zero-order valence-corrected chi connectivity index (χ0v) is 26.1. The molecule has 5 nitrogen and oxygen atoms in total. The molecule has 0 saturated carbocycles. The van der Waals surface area contributed by atoms with Gasteiger partial charge in [-0.2, -0.15) is 0 Å². The van der Waals surface area contributed by atoms with Crippen molar-refractivity contribution in [3.63, 3.8) is 0 Å². The molecule has 1 atom stereocenters. The van der Waals surface area contributed by atoms with Crippen LogP contribution in [0.3, 0.4) is 0 Å². The summed E-state index contributed by atoms with van der Waals surface area (Å²) in [4.78, 5) is 17.3. The minimum absolute atomic E-state index is 0. The average Bonchev–Trinajstić information content (AvgIpc) is 3.80. The van der Waals surface area contributed by atoms with E-state index < -0.39 is 6.10 Å². The van der Waals surface area contributed by atoms with Crippen molar-refractivity contribution in [1.82, 2.24) is 19.9 Å². The summed E-state index contributed by atoms with van der Waals surface area (Å²) in [5.74, 6) is 6.12. The molecule has 1 unspecified atom stereocenters. The third-order valence-electron chi connectivity index (χ3n) is 7.11. The first-order valence-electron chi connectivity index (χ1n) is 13.6. The Bertz CT molecular complexity index is 2040. The molecule has 2 aromatic carbocycles. The molecular formula is C36H26N4OZn. The van der Waals surface area contributed by atoms with Crippen LogP contribution in [0.15, 0.2) is 91.0 Å². The summed E-state index contributed by atoms with van der Waals surface area (Å²) in [5, 5.41) is 10.0. The summed E-state index contributed by atoms with van der Waals surface area (Å²) < 4.78 is 0. The Balaban J connectivity index is 0.00000316. The SMILES string of the molecule is CC(O)C#Cc1c2nc(c(-c3ccccc3)c3ccc(cc4nc(c(-c5ccccc5)c5ccc1[nH]5)C=C4)[nH]3)C=C2.[Zn]. The van der Waals surface area contributed by atoms with Gasteiger partial charge < -0.3 is 15.1 Å². The van der Waals surface area contributed by atoms with E-state index in [1.54, 1.807) is 6.92 Å². The van der Waals surface area contributed by atoms with E-state index in [4.69, 9.17) is 9.97 Å². The number of aliphatic hydroxyl groups is 1. The van der Waals surface area contributed by atoms with Gasteiger partial charge in [-0.1, -0.05) is 72.5 Å². The fraction of sp³-hybridized carbons (Fsp3) is 0.0556. The Labute approximate surface area is 256 Å². The Morgan fingerprint density at radius 1 is 0.643 bits per heavy atom. The number of hydrogen-bond acceptors (Lipinski definition) is 3. The zero-order chi connectivity index (χ0) is 27.8. The number of aromatic nitrogens is 4. The number of hydrogen-bond donors (Lipinski definition) is 3. The van der Waals surface area contributed by atoms with Crippen LogP contribution in [-0.4, -0.2) is 31.1 Å². The summed E-state index contributed by atoms with van der Waals surface area (Å²) in [6.45, 7) is 1.66. The number of rotatable bonds is 2. The minimum Gasteiger partial charge on any atom is -0.381 e. The third-order valence-corrected chi connectivity index (χ3v) is 7.11. The first-order valence-corrected chi connectivity index (χ1v) is 13.6. The normalized spacial score (nSPS) is 12.3. The fourth-order valence-electron chi connectivity index (χ4n) is 5.26. The van der Waals surface area contributed by atoms with Gasteiger partial charge in [-0.15, -0.1) is 0 Å². The van der Waals surface area contributed by atoms with Crippen LogP contribution in [0.1, 0.15) is 35.3 Å². The molecule has 0 amide bonds. The molecule has 0 spiro atoms. The van der Waals surface area contributed by atoms with Crippen LogP contribution in [0.5, 0.6) is 0 Å². The average molecular weight is 596 g/mol. The standard InChI is InChI=1S/C36H26N4O.Zn/c1-23(41)12-15-28-29-18-20-33(39-29)35(24-8-4-2-5-9-24)31-16-13-26(37-31)22-27-14-17-32(38-27)36(25-10-6-3-7-11-25)34-21-19-30(28)40-34;/h2-11,13-14,16-23,37,40-41H,1H3;. The van der Waals surface area contributed by atoms with Crippen molar-refractivity contribution in [3.8, 4) is 34.1 Å². The summed E-state index contributed by atoms with van der Waals surface area (Å²) >= 11 is 0. The number of aliphatic hydroxyl groups excluding tert-OH is 1. The van der Waals surface area contributed by atoms with Gasteiger partial charge in [-0.05, 0) is 72.7 Å². The van der Waals surface area contributed by atoms with Gasteiger partial charge in [0.25, 0.3) is 0 Å². The van der Waals surface area contributed by atoms with Crippen LogP contribution in [0, 0.1) is 11.8 Å². The van der Waals surface area contributed by atoms with Crippen molar-refractivity contribution in [2.24, 2.45) is 0 Å². The van der Waals surface area contributed by atoms with Crippen molar-refractivity contribution in [2.45, 2.75) is 13.0 Å². The molecule has 3 aromatic heterocycles. The molecule has 0 aliphatic carbocycles. The summed E-state index contributed by atoms with van der Waals surface area (Å²) in [6.07, 6.45) is 7.34. The maximum atomic E-state index is 10.0. The van der Waals surface area contributed by atoms with Gasteiger partial charge >= 0.3 is 0 Å². The quantitative estimate of drug-likeness (QED) is 0.141. The second-order valence-electron chi connectivity index (χ2n) is 10.0. The van der Waals surface area contributed by atoms with E-state index >= 15 is 0 Å². The number of aromatic amines is 2. The van der Waals surface area contributed by atoms with Crippen LogP contribution >= 0.6 is 0 Å². The zero-order valence-electron chi connectivity index (χ0n) is 23.1.